The Kier molecular flexibility index (Phi) is 7.86. The highest BCUT2D eigenvalue weighted by Gasteiger charge is 2.19. The number of nitrogens with one attached hydrogen (secondary N) is 2. The first-order valence-electron chi connectivity index (χ1n) is 10.0. The summed E-state index contributed by atoms with van der Waals surface area (Å²) in [6.45, 7) is 3.80. The van der Waals surface area contributed by atoms with Crippen LogP contribution >= 0.6 is 11.3 Å². The monoisotopic (exact) mass is 414 g/mol. The second kappa shape index (κ2) is 10.8. The minimum Gasteiger partial charge on any atom is -0.371 e. The number of hydrogen-bond donors (Lipinski definition) is 2. The van der Waals surface area contributed by atoms with E-state index in [1.54, 1.807) is 30.3 Å². The minimum atomic E-state index is -0.00659. The van der Waals surface area contributed by atoms with Crippen LogP contribution in [0.2, 0.25) is 0 Å². The molecule has 2 aromatic rings. The fraction of sp³-hybridized carbons (Fsp3) is 0.476. The maximum absolute atomic E-state index is 11.9. The van der Waals surface area contributed by atoms with E-state index in [1.165, 1.54) is 10.6 Å². The lowest BCUT2D eigenvalue weighted by atomic mass is 9.96. The number of carbonyl (C=O) groups excluding carboxylic acids is 1. The second-order valence-electron chi connectivity index (χ2n) is 7.40. The van der Waals surface area contributed by atoms with Gasteiger partial charge in [-0.1, -0.05) is 6.07 Å². The molecule has 0 spiro atoms. The summed E-state index contributed by atoms with van der Waals surface area (Å²) in [6, 6.07) is 8.27. The summed E-state index contributed by atoms with van der Waals surface area (Å²) >= 11 is 1.71. The predicted molar refractivity (Wildman–Crippen MR) is 119 cm³/mol. The van der Waals surface area contributed by atoms with Crippen molar-refractivity contribution in [3.8, 4) is 0 Å². The van der Waals surface area contributed by atoms with E-state index >= 15 is 0 Å². The van der Waals surface area contributed by atoms with Gasteiger partial charge in [-0.2, -0.15) is 0 Å². The van der Waals surface area contributed by atoms with Crippen molar-refractivity contribution in [3.05, 3.63) is 46.9 Å². The van der Waals surface area contributed by atoms with Crippen LogP contribution in [0.1, 0.15) is 17.7 Å². The van der Waals surface area contributed by atoms with Crippen LogP contribution in [0.15, 0.2) is 47.0 Å². The molecule has 1 amide bonds. The van der Waals surface area contributed by atoms with E-state index in [0.29, 0.717) is 18.4 Å². The normalized spacial score (nSPS) is 15.2. The Morgan fingerprint density at radius 3 is 2.66 bits per heavy atom. The summed E-state index contributed by atoms with van der Waals surface area (Å²) in [4.78, 5) is 25.7. The smallest absolute Gasteiger partial charge is 0.243 e. The maximum atomic E-state index is 11.9. The molecule has 7 nitrogen and oxygen atoms in total. The fourth-order valence-electron chi connectivity index (χ4n) is 3.24. The number of guanidine groups is 1. The van der Waals surface area contributed by atoms with Crippen LogP contribution in [0.25, 0.3) is 0 Å². The molecular weight excluding hydrogens is 384 g/mol. The summed E-state index contributed by atoms with van der Waals surface area (Å²) in [5.41, 5.74) is 1.24. The lowest BCUT2D eigenvalue weighted by molar-refractivity contribution is -0.127. The van der Waals surface area contributed by atoms with Gasteiger partial charge in [-0.15, -0.1) is 11.3 Å². The standard InChI is InChI=1S/C21H30N6OS/c1-26(2)20(28)16-25-21(24-15-19-4-3-13-29-19)23-14-17-7-11-27(12-8-17)18-5-9-22-10-6-18/h3-6,9-10,13,17H,7-8,11-12,14-16H2,1-2H3,(H2,23,24,25). The number of nitrogens with zero attached hydrogens (tertiary/aromatic N) is 4. The van der Waals surface area contributed by atoms with Crippen LogP contribution in [0, 0.1) is 5.92 Å². The fourth-order valence-corrected chi connectivity index (χ4v) is 3.88. The first kappa shape index (κ1) is 21.1. The van der Waals surface area contributed by atoms with Crippen molar-refractivity contribution in [2.45, 2.75) is 19.4 Å². The van der Waals surface area contributed by atoms with E-state index in [9.17, 15) is 4.79 Å². The van der Waals surface area contributed by atoms with Crippen molar-refractivity contribution in [2.24, 2.45) is 10.9 Å². The molecule has 0 atom stereocenters. The largest absolute Gasteiger partial charge is 0.371 e. The first-order valence-corrected chi connectivity index (χ1v) is 10.9. The van der Waals surface area contributed by atoms with E-state index in [4.69, 9.17) is 0 Å². The number of amides is 1. The lowest BCUT2D eigenvalue weighted by Gasteiger charge is -2.33. The molecule has 0 radical (unpaired) electrons. The topological polar surface area (TPSA) is 72.9 Å². The molecule has 2 N–H and O–H groups in total. The number of anilines is 1. The Labute approximate surface area is 176 Å². The number of piperidine rings is 1. The van der Waals surface area contributed by atoms with Crippen molar-refractivity contribution in [2.75, 3.05) is 45.2 Å². The van der Waals surface area contributed by atoms with Gasteiger partial charge in [0.25, 0.3) is 0 Å². The average molecular weight is 415 g/mol. The highest BCUT2D eigenvalue weighted by Crippen LogP contribution is 2.22. The number of carbonyl (C=O) groups is 1. The zero-order valence-corrected chi connectivity index (χ0v) is 18.0. The number of pyridine rings is 1. The van der Waals surface area contributed by atoms with Crippen LogP contribution in [-0.4, -0.2) is 62.0 Å². The number of aromatic nitrogens is 1. The summed E-state index contributed by atoms with van der Waals surface area (Å²) in [5.74, 6) is 1.28. The van der Waals surface area contributed by atoms with Crippen molar-refractivity contribution in [3.63, 3.8) is 0 Å². The summed E-state index contributed by atoms with van der Waals surface area (Å²) < 4.78 is 0. The summed E-state index contributed by atoms with van der Waals surface area (Å²) in [6.07, 6.45) is 5.95. The van der Waals surface area contributed by atoms with Crippen LogP contribution in [0.4, 0.5) is 5.69 Å². The lowest BCUT2D eigenvalue weighted by Crippen LogP contribution is -2.43. The SMILES string of the molecule is CN(C)C(=O)CN=C(NCc1cccs1)NCC1CCN(c2ccncc2)CC1. The molecule has 0 unspecified atom stereocenters. The molecule has 0 saturated carbocycles. The van der Waals surface area contributed by atoms with Gasteiger partial charge in [0.15, 0.2) is 5.96 Å². The summed E-state index contributed by atoms with van der Waals surface area (Å²) in [5, 5.41) is 8.86. The van der Waals surface area contributed by atoms with Crippen LogP contribution in [-0.2, 0) is 11.3 Å². The van der Waals surface area contributed by atoms with E-state index in [0.717, 1.165) is 32.5 Å². The Bertz CT molecular complexity index is 770. The number of aliphatic imine (C=N–C) groups is 1. The van der Waals surface area contributed by atoms with E-state index in [-0.39, 0.29) is 12.5 Å². The molecule has 3 rings (SSSR count). The number of hydrogen-bond acceptors (Lipinski definition) is 5. The summed E-state index contributed by atoms with van der Waals surface area (Å²) in [7, 11) is 3.50. The molecule has 0 aliphatic carbocycles. The van der Waals surface area contributed by atoms with Gasteiger partial charge >= 0.3 is 0 Å². The number of likely N-dealkylation sites (N-methyl/N-ethyl adjacent to an activating group) is 1. The molecule has 1 aliphatic heterocycles. The Morgan fingerprint density at radius 1 is 1.24 bits per heavy atom. The molecule has 0 bridgehead atoms. The van der Waals surface area contributed by atoms with Crippen molar-refractivity contribution >= 4 is 28.9 Å². The van der Waals surface area contributed by atoms with E-state index in [1.807, 2.05) is 18.5 Å². The molecule has 1 saturated heterocycles. The van der Waals surface area contributed by atoms with E-state index < -0.39 is 0 Å². The first-order chi connectivity index (χ1) is 14.1. The van der Waals surface area contributed by atoms with Gasteiger partial charge in [0.1, 0.15) is 6.54 Å². The number of rotatable bonds is 7. The zero-order chi connectivity index (χ0) is 20.5. The molecule has 8 heteroatoms. The van der Waals surface area contributed by atoms with Gasteiger partial charge in [-0.3, -0.25) is 9.78 Å². The minimum absolute atomic E-state index is 0.00659. The molecule has 0 aromatic carbocycles. The van der Waals surface area contributed by atoms with E-state index in [2.05, 4.69) is 49.1 Å². The Balaban J connectivity index is 1.49. The quantitative estimate of drug-likeness (QED) is 0.537. The van der Waals surface area contributed by atoms with Crippen LogP contribution in [0.3, 0.4) is 0 Å². The Morgan fingerprint density at radius 2 is 2.00 bits per heavy atom. The molecule has 29 heavy (non-hydrogen) atoms. The van der Waals surface area contributed by atoms with Crippen LogP contribution in [0.5, 0.6) is 0 Å². The van der Waals surface area contributed by atoms with Gasteiger partial charge in [-0.05, 0) is 42.3 Å². The highest BCUT2D eigenvalue weighted by atomic mass is 32.1. The third kappa shape index (κ3) is 6.74. The van der Waals surface area contributed by atoms with Crippen molar-refractivity contribution < 1.29 is 4.79 Å². The molecule has 2 aromatic heterocycles. The van der Waals surface area contributed by atoms with Crippen molar-refractivity contribution in [1.82, 2.24) is 20.5 Å². The zero-order valence-electron chi connectivity index (χ0n) is 17.2. The molecule has 156 valence electrons. The van der Waals surface area contributed by atoms with Gasteiger partial charge in [0.05, 0.1) is 6.54 Å². The highest BCUT2D eigenvalue weighted by molar-refractivity contribution is 7.09. The predicted octanol–water partition coefficient (Wildman–Crippen LogP) is 2.18. The van der Waals surface area contributed by atoms with Crippen LogP contribution < -0.4 is 15.5 Å². The molecule has 1 aliphatic rings. The second-order valence-corrected chi connectivity index (χ2v) is 8.43. The number of thiophene rings is 1. The Hall–Kier alpha value is -2.61. The van der Waals surface area contributed by atoms with Gasteiger partial charge < -0.3 is 20.4 Å². The third-order valence-electron chi connectivity index (χ3n) is 5.08. The van der Waals surface area contributed by atoms with Crippen molar-refractivity contribution in [1.29, 1.82) is 0 Å². The van der Waals surface area contributed by atoms with Gasteiger partial charge in [0, 0.05) is 56.7 Å². The third-order valence-corrected chi connectivity index (χ3v) is 5.96. The average Bonchev–Trinajstić information content (AvgIpc) is 3.27. The van der Waals surface area contributed by atoms with Gasteiger partial charge in [-0.25, -0.2) is 4.99 Å². The van der Waals surface area contributed by atoms with Gasteiger partial charge in [0.2, 0.25) is 5.91 Å². The molecule has 3 heterocycles. The maximum Gasteiger partial charge on any atom is 0.243 e. The molecule has 1 fully saturated rings. The molecular formula is C21H30N6OS.